The first-order valence-corrected chi connectivity index (χ1v) is 8.64. The van der Waals surface area contributed by atoms with Gasteiger partial charge >= 0.3 is 0 Å². The predicted octanol–water partition coefficient (Wildman–Crippen LogP) is 2.58. The second-order valence-corrected chi connectivity index (χ2v) is 6.24. The van der Waals surface area contributed by atoms with Crippen LogP contribution in [-0.2, 0) is 4.74 Å². The number of hydrogen-bond donors (Lipinski definition) is 2. The molecule has 0 saturated carbocycles. The van der Waals surface area contributed by atoms with Gasteiger partial charge in [-0.3, -0.25) is 14.0 Å². The summed E-state index contributed by atoms with van der Waals surface area (Å²) in [7, 11) is 1.56. The van der Waals surface area contributed by atoms with Crippen LogP contribution < -0.4 is 10.6 Å². The normalized spacial score (nSPS) is 10.8. The van der Waals surface area contributed by atoms with Gasteiger partial charge in [0.1, 0.15) is 0 Å². The molecule has 0 aliphatic heterocycles. The van der Waals surface area contributed by atoms with E-state index in [1.54, 1.807) is 35.9 Å². The Labute approximate surface area is 157 Å². The average molecular weight is 366 g/mol. The highest BCUT2D eigenvalue weighted by atomic mass is 16.5. The largest absolute Gasteiger partial charge is 0.383 e. The van der Waals surface area contributed by atoms with Crippen molar-refractivity contribution in [2.24, 2.45) is 0 Å². The highest BCUT2D eigenvalue weighted by Crippen LogP contribution is 2.17. The molecule has 0 spiro atoms. The Morgan fingerprint density at radius 2 is 1.93 bits per heavy atom. The van der Waals surface area contributed by atoms with Gasteiger partial charge in [-0.2, -0.15) is 0 Å². The second-order valence-electron chi connectivity index (χ2n) is 6.24. The molecular weight excluding hydrogens is 344 g/mol. The van der Waals surface area contributed by atoms with Gasteiger partial charge in [-0.1, -0.05) is 12.1 Å². The first-order valence-electron chi connectivity index (χ1n) is 8.64. The molecule has 2 N–H and O–H groups in total. The van der Waals surface area contributed by atoms with Gasteiger partial charge in [-0.25, -0.2) is 4.98 Å². The van der Waals surface area contributed by atoms with E-state index in [9.17, 15) is 9.59 Å². The topological polar surface area (TPSA) is 84.7 Å². The van der Waals surface area contributed by atoms with Crippen molar-refractivity contribution in [3.8, 4) is 0 Å². The summed E-state index contributed by atoms with van der Waals surface area (Å²) in [6, 6.07) is 11.0. The average Bonchev–Trinajstić information content (AvgIpc) is 3.05. The third kappa shape index (κ3) is 3.98. The predicted molar refractivity (Wildman–Crippen MR) is 103 cm³/mol. The lowest BCUT2D eigenvalue weighted by Crippen LogP contribution is -2.27. The number of carbonyl (C=O) groups excluding carboxylic acids is 2. The first-order chi connectivity index (χ1) is 13.0. The fourth-order valence-electron chi connectivity index (χ4n) is 2.72. The summed E-state index contributed by atoms with van der Waals surface area (Å²) < 4.78 is 6.55. The second kappa shape index (κ2) is 8.01. The van der Waals surface area contributed by atoms with Gasteiger partial charge in [0.25, 0.3) is 11.8 Å². The molecule has 3 aromatic rings. The van der Waals surface area contributed by atoms with Crippen LogP contribution in [0, 0.1) is 13.8 Å². The maximum atomic E-state index is 12.8. The molecule has 7 nitrogen and oxygen atoms in total. The van der Waals surface area contributed by atoms with E-state index in [4.69, 9.17) is 4.74 Å². The number of hydrogen-bond acceptors (Lipinski definition) is 4. The number of ether oxygens (including phenoxy) is 1. The van der Waals surface area contributed by atoms with Gasteiger partial charge in [0.2, 0.25) is 5.82 Å². The smallest absolute Gasteiger partial charge is 0.292 e. The lowest BCUT2D eigenvalue weighted by Gasteiger charge is -2.07. The molecular formula is C20H22N4O3. The molecule has 0 saturated heterocycles. The number of nitrogens with zero attached hydrogens (tertiary/aromatic N) is 2. The van der Waals surface area contributed by atoms with Crippen molar-refractivity contribution in [1.82, 2.24) is 14.7 Å². The first kappa shape index (κ1) is 18.6. The Bertz CT molecular complexity index is 994. The van der Waals surface area contributed by atoms with Gasteiger partial charge in [-0.05, 0) is 49.2 Å². The number of rotatable bonds is 6. The van der Waals surface area contributed by atoms with E-state index in [1.807, 2.05) is 32.0 Å². The lowest BCUT2D eigenvalue weighted by atomic mass is 10.1. The van der Waals surface area contributed by atoms with E-state index < -0.39 is 0 Å². The Morgan fingerprint density at radius 3 is 2.67 bits per heavy atom. The quantitative estimate of drug-likeness (QED) is 0.657. The number of fused-ring (bicyclic) bond motifs is 1. The molecule has 7 heteroatoms. The van der Waals surface area contributed by atoms with E-state index in [0.29, 0.717) is 24.4 Å². The maximum Gasteiger partial charge on any atom is 0.292 e. The number of nitrogens with one attached hydrogen (secondary N) is 2. The lowest BCUT2D eigenvalue weighted by molar-refractivity contribution is 0.0934. The van der Waals surface area contributed by atoms with Crippen LogP contribution in [-0.4, -0.2) is 41.5 Å². The molecule has 2 aromatic heterocycles. The molecule has 0 aliphatic carbocycles. The number of imidazole rings is 1. The number of aryl methyl sites for hydroxylation is 2. The zero-order valence-corrected chi connectivity index (χ0v) is 15.6. The van der Waals surface area contributed by atoms with E-state index in [1.165, 1.54) is 0 Å². The van der Waals surface area contributed by atoms with Crippen molar-refractivity contribution in [2.75, 3.05) is 25.6 Å². The van der Waals surface area contributed by atoms with Crippen LogP contribution in [0.4, 0.5) is 5.69 Å². The summed E-state index contributed by atoms with van der Waals surface area (Å²) in [5.74, 6) is -0.572. The monoisotopic (exact) mass is 366 g/mol. The van der Waals surface area contributed by atoms with E-state index in [-0.39, 0.29) is 23.3 Å². The number of pyridine rings is 1. The summed E-state index contributed by atoms with van der Waals surface area (Å²) >= 11 is 0. The minimum absolute atomic E-state index is 0.153. The SMILES string of the molecule is COCCNC(=O)c1nc(C(=O)Nc2ccc(C)c(C)c2)n2ccccc12. The van der Waals surface area contributed by atoms with Crippen LogP contribution in [0.15, 0.2) is 42.6 Å². The van der Waals surface area contributed by atoms with Gasteiger partial charge in [0.05, 0.1) is 12.1 Å². The maximum absolute atomic E-state index is 12.8. The van der Waals surface area contributed by atoms with Crippen molar-refractivity contribution < 1.29 is 14.3 Å². The molecule has 1 aromatic carbocycles. The van der Waals surface area contributed by atoms with Gasteiger partial charge in [0.15, 0.2) is 5.69 Å². The zero-order chi connectivity index (χ0) is 19.4. The van der Waals surface area contributed by atoms with E-state index in [0.717, 1.165) is 11.1 Å². The Balaban J connectivity index is 1.90. The Kier molecular flexibility index (Phi) is 5.52. The van der Waals surface area contributed by atoms with Gasteiger partial charge in [0, 0.05) is 25.5 Å². The molecule has 2 heterocycles. The highest BCUT2D eigenvalue weighted by molar-refractivity contribution is 6.06. The molecule has 2 amide bonds. The molecule has 140 valence electrons. The number of methoxy groups -OCH3 is 1. The minimum atomic E-state index is -0.379. The third-order valence-corrected chi connectivity index (χ3v) is 4.32. The summed E-state index contributed by atoms with van der Waals surface area (Å²) in [6.45, 7) is 4.76. The molecule has 0 radical (unpaired) electrons. The number of carbonyl (C=O) groups is 2. The third-order valence-electron chi connectivity index (χ3n) is 4.32. The molecule has 0 fully saturated rings. The van der Waals surface area contributed by atoms with Crippen LogP contribution in [0.1, 0.15) is 32.2 Å². The molecule has 0 bridgehead atoms. The van der Waals surface area contributed by atoms with Crippen LogP contribution in [0.25, 0.3) is 5.52 Å². The number of amides is 2. The van der Waals surface area contributed by atoms with Crippen LogP contribution >= 0.6 is 0 Å². The van der Waals surface area contributed by atoms with Crippen molar-refractivity contribution >= 4 is 23.0 Å². The van der Waals surface area contributed by atoms with Crippen molar-refractivity contribution in [1.29, 1.82) is 0 Å². The highest BCUT2D eigenvalue weighted by Gasteiger charge is 2.21. The number of anilines is 1. The zero-order valence-electron chi connectivity index (χ0n) is 15.6. The summed E-state index contributed by atoms with van der Waals surface area (Å²) in [5, 5.41) is 5.59. The van der Waals surface area contributed by atoms with E-state index >= 15 is 0 Å². The Morgan fingerprint density at radius 1 is 1.11 bits per heavy atom. The van der Waals surface area contributed by atoms with Crippen LogP contribution in [0.3, 0.4) is 0 Å². The molecule has 3 rings (SSSR count). The molecule has 0 atom stereocenters. The van der Waals surface area contributed by atoms with Gasteiger partial charge < -0.3 is 15.4 Å². The van der Waals surface area contributed by atoms with Crippen molar-refractivity contribution in [2.45, 2.75) is 13.8 Å². The molecule has 0 unspecified atom stereocenters. The molecule has 27 heavy (non-hydrogen) atoms. The van der Waals surface area contributed by atoms with Crippen LogP contribution in [0.2, 0.25) is 0 Å². The fourth-order valence-corrected chi connectivity index (χ4v) is 2.72. The summed E-state index contributed by atoms with van der Waals surface area (Å²) in [5.41, 5.74) is 3.68. The van der Waals surface area contributed by atoms with Crippen LogP contribution in [0.5, 0.6) is 0 Å². The van der Waals surface area contributed by atoms with Gasteiger partial charge in [-0.15, -0.1) is 0 Å². The Hall–Kier alpha value is -3.19. The summed E-state index contributed by atoms with van der Waals surface area (Å²) in [6.07, 6.45) is 1.71. The fraction of sp³-hybridized carbons (Fsp3) is 0.250. The van der Waals surface area contributed by atoms with Crippen molar-refractivity contribution in [3.05, 3.63) is 65.2 Å². The molecule has 0 aliphatic rings. The summed E-state index contributed by atoms with van der Waals surface area (Å²) in [4.78, 5) is 29.5. The minimum Gasteiger partial charge on any atom is -0.383 e. The number of benzene rings is 1. The van der Waals surface area contributed by atoms with Crippen molar-refractivity contribution in [3.63, 3.8) is 0 Å². The van der Waals surface area contributed by atoms with E-state index in [2.05, 4.69) is 15.6 Å². The standard InChI is InChI=1S/C20H22N4O3/c1-13-7-8-15(12-14(13)2)22-20(26)18-23-17(19(25)21-9-11-27-3)16-6-4-5-10-24(16)18/h4-8,10,12H,9,11H2,1-3H3,(H,21,25)(H,22,26). The number of aromatic nitrogens is 2.